The van der Waals surface area contributed by atoms with E-state index in [0.29, 0.717) is 11.4 Å². The van der Waals surface area contributed by atoms with Gasteiger partial charge in [-0.15, -0.1) is 0 Å². The van der Waals surface area contributed by atoms with Crippen LogP contribution in [0, 0.1) is 17.5 Å². The molecule has 2 rings (SSSR count). The van der Waals surface area contributed by atoms with Gasteiger partial charge in [-0.25, -0.2) is 13.2 Å². The molecular weight excluding hydrogens is 289 g/mol. The van der Waals surface area contributed by atoms with Crippen molar-refractivity contribution in [3.8, 4) is 0 Å². The molecule has 0 spiro atoms. The van der Waals surface area contributed by atoms with Crippen molar-refractivity contribution < 1.29 is 13.2 Å². The average Bonchev–Trinajstić information content (AvgIpc) is 2.43. The molecule has 0 aliphatic rings. The van der Waals surface area contributed by atoms with Crippen LogP contribution in [0.2, 0.25) is 5.02 Å². The number of nitrogens with one attached hydrogen (secondary N) is 1. The first kappa shape index (κ1) is 14.8. The summed E-state index contributed by atoms with van der Waals surface area (Å²) in [5, 5.41) is 0.588. The second-order valence-electron chi connectivity index (χ2n) is 4.35. The Morgan fingerprint density at radius 3 is 2.10 bits per heavy atom. The summed E-state index contributed by atoms with van der Waals surface area (Å²) in [6, 6.07) is 8.29. The van der Waals surface area contributed by atoms with Crippen LogP contribution in [0.1, 0.15) is 17.2 Å². The Hall–Kier alpha value is -1.56. The molecule has 20 heavy (non-hydrogen) atoms. The van der Waals surface area contributed by atoms with Gasteiger partial charge < -0.3 is 0 Å². The van der Waals surface area contributed by atoms with Crippen LogP contribution >= 0.6 is 11.6 Å². The third-order valence-electron chi connectivity index (χ3n) is 2.96. The lowest BCUT2D eigenvalue weighted by Crippen LogP contribution is -2.29. The Labute approximate surface area is 119 Å². The molecule has 0 aliphatic carbocycles. The lowest BCUT2D eigenvalue weighted by Gasteiger charge is -2.17. The number of rotatable bonds is 4. The van der Waals surface area contributed by atoms with E-state index in [2.05, 4.69) is 5.43 Å². The second-order valence-corrected chi connectivity index (χ2v) is 4.78. The minimum atomic E-state index is -1.49. The van der Waals surface area contributed by atoms with E-state index < -0.39 is 23.5 Å². The highest BCUT2D eigenvalue weighted by Crippen LogP contribution is 2.22. The summed E-state index contributed by atoms with van der Waals surface area (Å²) < 4.78 is 39.4. The summed E-state index contributed by atoms with van der Waals surface area (Å²) >= 11 is 5.78. The number of hydrogen-bond donors (Lipinski definition) is 2. The summed E-state index contributed by atoms with van der Waals surface area (Å²) in [4.78, 5) is 0. The van der Waals surface area contributed by atoms with Crippen molar-refractivity contribution in [1.29, 1.82) is 0 Å². The molecule has 106 valence electrons. The van der Waals surface area contributed by atoms with Crippen LogP contribution in [0.4, 0.5) is 13.2 Å². The molecule has 0 aromatic heterocycles. The minimum Gasteiger partial charge on any atom is -0.271 e. The van der Waals surface area contributed by atoms with E-state index in [-0.39, 0.29) is 5.56 Å². The van der Waals surface area contributed by atoms with Crippen LogP contribution in [0.15, 0.2) is 36.4 Å². The topological polar surface area (TPSA) is 38.0 Å². The van der Waals surface area contributed by atoms with Gasteiger partial charge in [0.15, 0.2) is 17.5 Å². The first-order valence-corrected chi connectivity index (χ1v) is 6.24. The SMILES string of the molecule is NNC(Cc1ccc(Cl)cc1)c1cc(F)c(F)c(F)c1. The van der Waals surface area contributed by atoms with Crippen molar-refractivity contribution in [2.24, 2.45) is 5.84 Å². The third kappa shape index (κ3) is 3.30. The van der Waals surface area contributed by atoms with E-state index in [1.807, 2.05) is 0 Å². The van der Waals surface area contributed by atoms with Crippen LogP contribution in [0.25, 0.3) is 0 Å². The maximum absolute atomic E-state index is 13.2. The fraction of sp³-hybridized carbons (Fsp3) is 0.143. The molecule has 0 saturated carbocycles. The van der Waals surface area contributed by atoms with E-state index in [9.17, 15) is 13.2 Å². The number of nitrogens with two attached hydrogens (primary N) is 1. The average molecular weight is 301 g/mol. The Balaban J connectivity index is 2.26. The molecule has 0 aliphatic heterocycles. The normalized spacial score (nSPS) is 12.4. The summed E-state index contributed by atoms with van der Waals surface area (Å²) in [5.74, 6) is 1.44. The Morgan fingerprint density at radius 2 is 1.60 bits per heavy atom. The summed E-state index contributed by atoms with van der Waals surface area (Å²) in [6.07, 6.45) is 0.387. The zero-order chi connectivity index (χ0) is 14.7. The quantitative estimate of drug-likeness (QED) is 0.515. The predicted octanol–water partition coefficient (Wildman–Crippen LogP) is 3.50. The molecule has 0 heterocycles. The molecule has 6 heteroatoms. The van der Waals surface area contributed by atoms with Crippen molar-refractivity contribution in [1.82, 2.24) is 5.43 Å². The number of halogens is 4. The zero-order valence-electron chi connectivity index (χ0n) is 10.3. The molecule has 1 unspecified atom stereocenters. The Morgan fingerprint density at radius 1 is 1.05 bits per heavy atom. The lowest BCUT2D eigenvalue weighted by atomic mass is 9.99. The Kier molecular flexibility index (Phi) is 4.65. The number of hydrazine groups is 1. The van der Waals surface area contributed by atoms with Crippen LogP contribution in [-0.4, -0.2) is 0 Å². The van der Waals surface area contributed by atoms with Gasteiger partial charge in [0.1, 0.15) is 0 Å². The molecule has 0 radical (unpaired) electrons. The smallest absolute Gasteiger partial charge is 0.194 e. The van der Waals surface area contributed by atoms with Crippen molar-refractivity contribution in [2.45, 2.75) is 12.5 Å². The zero-order valence-corrected chi connectivity index (χ0v) is 11.1. The highest BCUT2D eigenvalue weighted by Gasteiger charge is 2.17. The van der Waals surface area contributed by atoms with Gasteiger partial charge in [0.2, 0.25) is 0 Å². The number of hydrogen-bond acceptors (Lipinski definition) is 2. The van der Waals surface area contributed by atoms with Crippen LogP contribution in [0.3, 0.4) is 0 Å². The van der Waals surface area contributed by atoms with Gasteiger partial charge in [-0.1, -0.05) is 23.7 Å². The number of benzene rings is 2. The molecule has 2 aromatic carbocycles. The van der Waals surface area contributed by atoms with Crippen molar-refractivity contribution in [3.05, 3.63) is 70.0 Å². The largest absolute Gasteiger partial charge is 0.271 e. The summed E-state index contributed by atoms with van der Waals surface area (Å²) in [7, 11) is 0. The van der Waals surface area contributed by atoms with Gasteiger partial charge >= 0.3 is 0 Å². The summed E-state index contributed by atoms with van der Waals surface area (Å²) in [6.45, 7) is 0. The molecule has 0 amide bonds. The van der Waals surface area contributed by atoms with Gasteiger partial charge in [-0.2, -0.15) is 0 Å². The minimum absolute atomic E-state index is 0.235. The fourth-order valence-electron chi connectivity index (χ4n) is 1.91. The van der Waals surface area contributed by atoms with Gasteiger partial charge in [0, 0.05) is 5.02 Å². The summed E-state index contributed by atoms with van der Waals surface area (Å²) in [5.41, 5.74) is 3.58. The highest BCUT2D eigenvalue weighted by molar-refractivity contribution is 6.30. The van der Waals surface area contributed by atoms with Gasteiger partial charge in [-0.3, -0.25) is 11.3 Å². The third-order valence-corrected chi connectivity index (χ3v) is 3.21. The van der Waals surface area contributed by atoms with Gasteiger partial charge in [0.05, 0.1) is 6.04 Å². The molecule has 3 N–H and O–H groups in total. The molecule has 0 bridgehead atoms. The molecule has 0 fully saturated rings. The molecule has 2 nitrogen and oxygen atoms in total. The molecule has 1 atom stereocenters. The van der Waals surface area contributed by atoms with E-state index in [1.165, 1.54) is 0 Å². The first-order chi connectivity index (χ1) is 9.51. The maximum Gasteiger partial charge on any atom is 0.194 e. The maximum atomic E-state index is 13.2. The van der Waals surface area contributed by atoms with Crippen LogP contribution in [-0.2, 0) is 6.42 Å². The second kappa shape index (κ2) is 6.26. The Bertz CT molecular complexity index is 579. The van der Waals surface area contributed by atoms with Gasteiger partial charge in [0.25, 0.3) is 0 Å². The molecule has 0 saturated heterocycles. The first-order valence-electron chi connectivity index (χ1n) is 5.86. The highest BCUT2D eigenvalue weighted by atomic mass is 35.5. The fourth-order valence-corrected chi connectivity index (χ4v) is 2.03. The molecule has 2 aromatic rings. The van der Waals surface area contributed by atoms with Crippen molar-refractivity contribution >= 4 is 11.6 Å². The molecular formula is C14H12ClF3N2. The monoisotopic (exact) mass is 300 g/mol. The van der Waals surface area contributed by atoms with Crippen molar-refractivity contribution in [3.63, 3.8) is 0 Å². The van der Waals surface area contributed by atoms with Gasteiger partial charge in [-0.05, 0) is 41.8 Å². The van der Waals surface area contributed by atoms with E-state index in [1.54, 1.807) is 24.3 Å². The lowest BCUT2D eigenvalue weighted by molar-refractivity contribution is 0.439. The van der Waals surface area contributed by atoms with E-state index in [4.69, 9.17) is 17.4 Å². The standard InChI is InChI=1S/C14H12ClF3N2/c15-10-3-1-8(2-4-10)5-13(20-19)9-6-11(16)14(18)12(17)7-9/h1-4,6-7,13,20H,5,19H2. The van der Waals surface area contributed by atoms with E-state index >= 15 is 0 Å². The predicted molar refractivity (Wildman–Crippen MR) is 71.5 cm³/mol. The van der Waals surface area contributed by atoms with Crippen LogP contribution < -0.4 is 11.3 Å². The van der Waals surface area contributed by atoms with Crippen LogP contribution in [0.5, 0.6) is 0 Å². The van der Waals surface area contributed by atoms with Crippen molar-refractivity contribution in [2.75, 3.05) is 0 Å². The van der Waals surface area contributed by atoms with E-state index in [0.717, 1.165) is 17.7 Å².